The van der Waals surface area contributed by atoms with Crippen LogP contribution in [-0.2, 0) is 0 Å². The Balaban J connectivity index is 2.54. The van der Waals surface area contributed by atoms with Gasteiger partial charge in [-0.2, -0.15) is 0 Å². The Morgan fingerprint density at radius 3 is 2.50 bits per heavy atom. The number of hydrogen-bond donors (Lipinski definition) is 1. The average Bonchev–Trinajstić information content (AvgIpc) is 2.41. The van der Waals surface area contributed by atoms with Crippen molar-refractivity contribution in [3.8, 4) is 0 Å². The van der Waals surface area contributed by atoms with Crippen molar-refractivity contribution in [1.29, 1.82) is 0 Å². The summed E-state index contributed by atoms with van der Waals surface area (Å²) in [6.07, 6.45) is 1.15. The molecule has 0 amide bonds. The number of nitrogens with one attached hydrogen (secondary N) is 1. The summed E-state index contributed by atoms with van der Waals surface area (Å²) in [5.74, 6) is -0.430. The van der Waals surface area contributed by atoms with Crippen molar-refractivity contribution in [3.05, 3.63) is 33.6 Å². The smallest absolute Gasteiger partial charge is 0.142 e. The van der Waals surface area contributed by atoms with Crippen molar-refractivity contribution in [2.45, 2.75) is 33.2 Å². The first kappa shape index (κ1) is 17.7. The molecule has 1 aromatic carbocycles. The van der Waals surface area contributed by atoms with Gasteiger partial charge in [0.15, 0.2) is 0 Å². The van der Waals surface area contributed by atoms with Gasteiger partial charge < -0.3 is 10.2 Å². The molecule has 5 heteroatoms. The van der Waals surface area contributed by atoms with Crippen LogP contribution in [0.1, 0.15) is 38.8 Å². The summed E-state index contributed by atoms with van der Waals surface area (Å²) in [6, 6.07) is 2.86. The predicted octanol–water partition coefficient (Wildman–Crippen LogP) is 4.52. The Hall–Kier alpha value is -0.350. The summed E-state index contributed by atoms with van der Waals surface area (Å²) < 4.78 is 13.5. The van der Waals surface area contributed by atoms with Crippen molar-refractivity contribution in [2.75, 3.05) is 26.2 Å². The lowest BCUT2D eigenvalue weighted by atomic mass is 10.1. The maximum Gasteiger partial charge on any atom is 0.142 e. The molecule has 0 aliphatic rings. The number of nitrogens with zero attached hydrogens (tertiary/aromatic N) is 1. The van der Waals surface area contributed by atoms with Crippen LogP contribution in [0.2, 0.25) is 10.0 Å². The summed E-state index contributed by atoms with van der Waals surface area (Å²) in [5.41, 5.74) is 0.743. The Morgan fingerprint density at radius 2 is 1.90 bits per heavy atom. The molecule has 1 aromatic rings. The molecule has 0 spiro atoms. The molecule has 0 aliphatic carbocycles. The molecule has 0 heterocycles. The van der Waals surface area contributed by atoms with E-state index in [1.54, 1.807) is 0 Å². The molecule has 20 heavy (non-hydrogen) atoms. The number of hydrogen-bond acceptors (Lipinski definition) is 2. The van der Waals surface area contributed by atoms with Crippen LogP contribution in [-0.4, -0.2) is 31.1 Å². The Labute approximate surface area is 131 Å². The molecule has 114 valence electrons. The lowest BCUT2D eigenvalue weighted by Crippen LogP contribution is -2.33. The summed E-state index contributed by atoms with van der Waals surface area (Å²) >= 11 is 11.8. The molecular formula is C15H23Cl2FN2. The maximum atomic E-state index is 13.5. The number of benzene rings is 1. The van der Waals surface area contributed by atoms with Gasteiger partial charge in [0, 0.05) is 24.2 Å². The second kappa shape index (κ2) is 8.83. The van der Waals surface area contributed by atoms with Crippen LogP contribution in [0.4, 0.5) is 4.39 Å². The van der Waals surface area contributed by atoms with Crippen LogP contribution in [0.15, 0.2) is 12.1 Å². The third kappa shape index (κ3) is 5.21. The standard InChI is InChI=1S/C15H23Cl2FN2/c1-4-7-20(5-2)8-6-19-11(3)12-9-15(18)14(17)10-13(12)16/h9-11,19H,4-8H2,1-3H3. The first-order chi connectivity index (χ1) is 9.49. The minimum Gasteiger partial charge on any atom is -0.309 e. The molecule has 0 fully saturated rings. The normalized spacial score (nSPS) is 12.9. The lowest BCUT2D eigenvalue weighted by Gasteiger charge is -2.22. The van der Waals surface area contributed by atoms with E-state index >= 15 is 0 Å². The van der Waals surface area contributed by atoms with Crippen molar-refractivity contribution < 1.29 is 4.39 Å². The quantitative estimate of drug-likeness (QED) is 0.709. The highest BCUT2D eigenvalue weighted by Crippen LogP contribution is 2.28. The number of likely N-dealkylation sites (N-methyl/N-ethyl adjacent to an activating group) is 1. The largest absolute Gasteiger partial charge is 0.309 e. The Kier molecular flexibility index (Phi) is 7.82. The van der Waals surface area contributed by atoms with E-state index in [-0.39, 0.29) is 11.1 Å². The molecule has 2 nitrogen and oxygen atoms in total. The van der Waals surface area contributed by atoms with E-state index in [9.17, 15) is 4.39 Å². The summed E-state index contributed by atoms with van der Waals surface area (Å²) in [7, 11) is 0. The molecule has 1 unspecified atom stereocenters. The molecule has 1 N–H and O–H groups in total. The second-order valence-corrected chi connectivity index (χ2v) is 5.71. The molecule has 1 rings (SSSR count). The fourth-order valence-electron chi connectivity index (χ4n) is 2.16. The molecule has 0 radical (unpaired) electrons. The first-order valence-electron chi connectivity index (χ1n) is 7.09. The van der Waals surface area contributed by atoms with Gasteiger partial charge in [0.25, 0.3) is 0 Å². The van der Waals surface area contributed by atoms with Crippen molar-refractivity contribution in [3.63, 3.8) is 0 Å². The van der Waals surface area contributed by atoms with Crippen LogP contribution >= 0.6 is 23.2 Å². The Bertz CT molecular complexity index is 427. The van der Waals surface area contributed by atoms with E-state index in [1.807, 2.05) is 6.92 Å². The van der Waals surface area contributed by atoms with Gasteiger partial charge in [0.05, 0.1) is 5.02 Å². The van der Waals surface area contributed by atoms with Gasteiger partial charge in [0.1, 0.15) is 5.82 Å². The van der Waals surface area contributed by atoms with Gasteiger partial charge in [-0.15, -0.1) is 0 Å². The molecule has 0 bridgehead atoms. The topological polar surface area (TPSA) is 15.3 Å². The molecule has 1 atom stereocenters. The van der Waals surface area contributed by atoms with E-state index in [2.05, 4.69) is 24.1 Å². The fourth-order valence-corrected chi connectivity index (χ4v) is 2.71. The zero-order chi connectivity index (χ0) is 15.1. The monoisotopic (exact) mass is 320 g/mol. The zero-order valence-corrected chi connectivity index (χ0v) is 13.9. The third-order valence-corrected chi connectivity index (χ3v) is 3.99. The van der Waals surface area contributed by atoms with Crippen LogP contribution in [0.25, 0.3) is 0 Å². The SMILES string of the molecule is CCCN(CC)CCNC(C)c1cc(F)c(Cl)cc1Cl. The lowest BCUT2D eigenvalue weighted by molar-refractivity contribution is 0.284. The van der Waals surface area contributed by atoms with Crippen LogP contribution in [0.5, 0.6) is 0 Å². The summed E-state index contributed by atoms with van der Waals surface area (Å²) in [6.45, 7) is 10.3. The second-order valence-electron chi connectivity index (χ2n) is 4.90. The van der Waals surface area contributed by atoms with Crippen LogP contribution in [0.3, 0.4) is 0 Å². The van der Waals surface area contributed by atoms with E-state index in [0.717, 1.165) is 38.2 Å². The number of halogens is 3. The fraction of sp³-hybridized carbons (Fsp3) is 0.600. The molecule has 0 saturated heterocycles. The van der Waals surface area contributed by atoms with E-state index < -0.39 is 5.82 Å². The average molecular weight is 321 g/mol. The Morgan fingerprint density at radius 1 is 1.20 bits per heavy atom. The zero-order valence-electron chi connectivity index (χ0n) is 12.3. The predicted molar refractivity (Wildman–Crippen MR) is 85.2 cm³/mol. The van der Waals surface area contributed by atoms with Crippen molar-refractivity contribution >= 4 is 23.2 Å². The number of rotatable bonds is 8. The highest BCUT2D eigenvalue weighted by molar-refractivity contribution is 6.35. The van der Waals surface area contributed by atoms with Gasteiger partial charge in [0.2, 0.25) is 0 Å². The van der Waals surface area contributed by atoms with Gasteiger partial charge in [-0.25, -0.2) is 4.39 Å². The van der Waals surface area contributed by atoms with Crippen LogP contribution in [0, 0.1) is 5.82 Å². The van der Waals surface area contributed by atoms with E-state index in [4.69, 9.17) is 23.2 Å². The molecule has 0 aliphatic heterocycles. The first-order valence-corrected chi connectivity index (χ1v) is 7.85. The highest BCUT2D eigenvalue weighted by Gasteiger charge is 2.13. The van der Waals surface area contributed by atoms with Crippen molar-refractivity contribution in [1.82, 2.24) is 10.2 Å². The molecule has 0 aromatic heterocycles. The summed E-state index contributed by atoms with van der Waals surface area (Å²) in [4.78, 5) is 2.38. The maximum absolute atomic E-state index is 13.5. The van der Waals surface area contributed by atoms with Crippen molar-refractivity contribution in [2.24, 2.45) is 0 Å². The van der Waals surface area contributed by atoms with Gasteiger partial charge in [-0.05, 0) is 44.1 Å². The van der Waals surface area contributed by atoms with Gasteiger partial charge in [-0.3, -0.25) is 0 Å². The summed E-state index contributed by atoms with van der Waals surface area (Å²) in [5, 5.41) is 3.93. The van der Waals surface area contributed by atoms with E-state index in [0.29, 0.717) is 5.02 Å². The molecule has 0 saturated carbocycles. The minimum absolute atomic E-state index is 0.00500. The molecular weight excluding hydrogens is 298 g/mol. The minimum atomic E-state index is -0.430. The third-order valence-electron chi connectivity index (χ3n) is 3.37. The van der Waals surface area contributed by atoms with E-state index in [1.165, 1.54) is 12.1 Å². The van der Waals surface area contributed by atoms with Gasteiger partial charge >= 0.3 is 0 Å². The van der Waals surface area contributed by atoms with Gasteiger partial charge in [-0.1, -0.05) is 37.0 Å². The van der Waals surface area contributed by atoms with Crippen LogP contribution < -0.4 is 5.32 Å². The highest BCUT2D eigenvalue weighted by atomic mass is 35.5.